The number of amides is 1. The number of nitrogens with one attached hydrogen (secondary N) is 1. The minimum atomic E-state index is -0.737. The highest BCUT2D eigenvalue weighted by atomic mass is 16.5. The van der Waals surface area contributed by atoms with Gasteiger partial charge in [0.15, 0.2) is 6.61 Å². The third kappa shape index (κ3) is 3.63. The molecule has 1 aromatic carbocycles. The molecule has 0 saturated carbocycles. The lowest BCUT2D eigenvalue weighted by Crippen LogP contribution is -2.31. The second-order valence-corrected chi connectivity index (χ2v) is 4.78. The fraction of sp³-hybridized carbons (Fsp3) is 0.267. The maximum atomic E-state index is 11.8. The molecule has 7 heteroatoms. The van der Waals surface area contributed by atoms with E-state index < -0.39 is 18.5 Å². The monoisotopic (exact) mass is 303 g/mol. The molecule has 2 rings (SSSR count). The highest BCUT2D eigenvalue weighted by molar-refractivity contribution is 5.96. The molecule has 22 heavy (non-hydrogen) atoms. The van der Waals surface area contributed by atoms with Crippen LogP contribution in [0, 0.1) is 6.92 Å². The molecule has 3 N–H and O–H groups in total. The van der Waals surface area contributed by atoms with Crippen molar-refractivity contribution in [3.05, 3.63) is 47.2 Å². The predicted octanol–water partition coefficient (Wildman–Crippen LogP) is 1.60. The predicted molar refractivity (Wildman–Crippen MR) is 78.9 cm³/mol. The van der Waals surface area contributed by atoms with Crippen molar-refractivity contribution >= 4 is 17.8 Å². The third-order valence-corrected chi connectivity index (χ3v) is 3.10. The largest absolute Gasteiger partial charge is 0.452 e. The minimum absolute atomic E-state index is 0.0453. The number of rotatable bonds is 5. The fourth-order valence-corrected chi connectivity index (χ4v) is 1.95. The van der Waals surface area contributed by atoms with E-state index in [2.05, 4.69) is 15.0 Å². The molecule has 0 radical (unpaired) electrons. The van der Waals surface area contributed by atoms with Crippen molar-refractivity contribution in [2.24, 2.45) is 0 Å². The quantitative estimate of drug-likeness (QED) is 0.812. The average molecular weight is 303 g/mol. The fourth-order valence-electron chi connectivity index (χ4n) is 1.95. The second kappa shape index (κ2) is 6.75. The molecule has 1 heterocycles. The molecule has 1 amide bonds. The number of hydrogen-bond donors (Lipinski definition) is 2. The number of aromatic nitrogens is 1. The van der Waals surface area contributed by atoms with E-state index in [1.165, 1.54) is 0 Å². The number of benzene rings is 1. The first kappa shape index (κ1) is 15.6. The number of aryl methyl sites for hydroxylation is 1. The molecule has 0 aliphatic heterocycles. The van der Waals surface area contributed by atoms with Gasteiger partial charge in [0.05, 0.1) is 11.7 Å². The summed E-state index contributed by atoms with van der Waals surface area (Å²) in [6, 6.07) is 9.28. The standard InChI is InChI=1S/C15H17N3O4/c1-9(11-6-4-3-5-7-11)17-12(19)8-21-15(20)13-10(2)18-22-14(13)16/h3-7,9H,8,16H2,1-2H3,(H,17,19)/t9-/m1/s1. The number of hydrogen-bond acceptors (Lipinski definition) is 6. The molecule has 0 fully saturated rings. The Morgan fingerprint density at radius 1 is 1.36 bits per heavy atom. The molecule has 0 aliphatic rings. The van der Waals surface area contributed by atoms with Crippen molar-refractivity contribution in [1.29, 1.82) is 0 Å². The van der Waals surface area contributed by atoms with E-state index in [9.17, 15) is 9.59 Å². The third-order valence-electron chi connectivity index (χ3n) is 3.10. The van der Waals surface area contributed by atoms with Crippen LogP contribution >= 0.6 is 0 Å². The van der Waals surface area contributed by atoms with Crippen molar-refractivity contribution in [2.45, 2.75) is 19.9 Å². The highest BCUT2D eigenvalue weighted by Crippen LogP contribution is 2.16. The maximum absolute atomic E-state index is 11.8. The van der Waals surface area contributed by atoms with Crippen molar-refractivity contribution in [3.8, 4) is 0 Å². The Hall–Kier alpha value is -2.83. The first-order valence-electron chi connectivity index (χ1n) is 6.72. The molecule has 0 spiro atoms. The summed E-state index contributed by atoms with van der Waals surface area (Å²) < 4.78 is 9.59. The van der Waals surface area contributed by atoms with Gasteiger partial charge in [-0.15, -0.1) is 0 Å². The van der Waals surface area contributed by atoms with E-state index in [1.54, 1.807) is 6.92 Å². The molecule has 116 valence electrons. The first-order chi connectivity index (χ1) is 10.5. The van der Waals surface area contributed by atoms with Crippen LogP contribution in [0.3, 0.4) is 0 Å². The van der Waals surface area contributed by atoms with Gasteiger partial charge in [-0.1, -0.05) is 35.5 Å². The van der Waals surface area contributed by atoms with Crippen LogP contribution in [0.25, 0.3) is 0 Å². The SMILES string of the molecule is Cc1noc(N)c1C(=O)OCC(=O)N[C@H](C)c1ccccc1. The smallest absolute Gasteiger partial charge is 0.346 e. The summed E-state index contributed by atoms with van der Waals surface area (Å²) in [7, 11) is 0. The van der Waals surface area contributed by atoms with Crippen LogP contribution < -0.4 is 11.1 Å². The van der Waals surface area contributed by atoms with Gasteiger partial charge in [-0.05, 0) is 19.4 Å². The summed E-state index contributed by atoms with van der Waals surface area (Å²) in [4.78, 5) is 23.6. The van der Waals surface area contributed by atoms with Crippen molar-refractivity contribution in [3.63, 3.8) is 0 Å². The Kier molecular flexibility index (Phi) is 4.77. The summed E-state index contributed by atoms with van der Waals surface area (Å²) in [6.45, 7) is 3.01. The lowest BCUT2D eigenvalue weighted by Gasteiger charge is -2.14. The Labute approximate surface area is 127 Å². The first-order valence-corrected chi connectivity index (χ1v) is 6.72. The van der Waals surface area contributed by atoms with Crippen molar-refractivity contribution in [2.75, 3.05) is 12.3 Å². The molecule has 1 atom stereocenters. The summed E-state index contributed by atoms with van der Waals surface area (Å²) >= 11 is 0. The van der Waals surface area contributed by atoms with Crippen LogP contribution in [0.2, 0.25) is 0 Å². The Morgan fingerprint density at radius 3 is 2.64 bits per heavy atom. The molecule has 2 aromatic rings. The number of nitrogen functional groups attached to an aromatic ring is 1. The number of carbonyl (C=O) groups excluding carboxylic acids is 2. The van der Waals surface area contributed by atoms with Gasteiger partial charge in [-0.2, -0.15) is 0 Å². The zero-order valence-corrected chi connectivity index (χ0v) is 12.3. The van der Waals surface area contributed by atoms with Crippen molar-refractivity contribution in [1.82, 2.24) is 10.5 Å². The molecular formula is C15H17N3O4. The summed E-state index contributed by atoms with van der Waals surface area (Å²) in [5.41, 5.74) is 6.80. The summed E-state index contributed by atoms with van der Waals surface area (Å²) in [5, 5.41) is 6.29. The summed E-state index contributed by atoms with van der Waals surface area (Å²) in [6.07, 6.45) is 0. The van der Waals surface area contributed by atoms with Gasteiger partial charge >= 0.3 is 5.97 Å². The highest BCUT2D eigenvalue weighted by Gasteiger charge is 2.21. The average Bonchev–Trinajstić information content (AvgIpc) is 2.85. The van der Waals surface area contributed by atoms with Gasteiger partial charge in [-0.25, -0.2) is 4.79 Å². The van der Waals surface area contributed by atoms with Gasteiger partial charge in [0, 0.05) is 0 Å². The Balaban J connectivity index is 1.87. The van der Waals surface area contributed by atoms with Gasteiger partial charge in [0.25, 0.3) is 5.91 Å². The van der Waals surface area contributed by atoms with Crippen LogP contribution in [-0.4, -0.2) is 23.6 Å². The Bertz CT molecular complexity index is 647. The zero-order chi connectivity index (χ0) is 16.1. The summed E-state index contributed by atoms with van der Waals surface area (Å²) in [5.74, 6) is -1.27. The Morgan fingerprint density at radius 2 is 2.05 bits per heavy atom. The van der Waals surface area contributed by atoms with E-state index in [1.807, 2.05) is 37.3 Å². The van der Waals surface area contributed by atoms with Crippen molar-refractivity contribution < 1.29 is 18.8 Å². The van der Waals surface area contributed by atoms with Gasteiger partial charge < -0.3 is 20.3 Å². The molecule has 0 saturated heterocycles. The number of ether oxygens (including phenoxy) is 1. The normalized spacial score (nSPS) is 11.7. The lowest BCUT2D eigenvalue weighted by atomic mass is 10.1. The van der Waals surface area contributed by atoms with E-state index in [0.717, 1.165) is 5.56 Å². The topological polar surface area (TPSA) is 107 Å². The molecule has 0 aliphatic carbocycles. The van der Waals surface area contributed by atoms with E-state index in [0.29, 0.717) is 5.69 Å². The number of anilines is 1. The van der Waals surface area contributed by atoms with E-state index in [4.69, 9.17) is 10.5 Å². The zero-order valence-electron chi connectivity index (χ0n) is 12.3. The number of nitrogens with zero attached hydrogens (tertiary/aromatic N) is 1. The second-order valence-electron chi connectivity index (χ2n) is 4.78. The van der Waals surface area contributed by atoms with E-state index >= 15 is 0 Å². The van der Waals surface area contributed by atoms with Crippen LogP contribution in [0.4, 0.5) is 5.88 Å². The number of carbonyl (C=O) groups is 2. The maximum Gasteiger partial charge on any atom is 0.346 e. The molecule has 1 aromatic heterocycles. The lowest BCUT2D eigenvalue weighted by molar-refractivity contribution is -0.124. The number of nitrogens with two attached hydrogens (primary N) is 1. The minimum Gasteiger partial charge on any atom is -0.452 e. The van der Waals surface area contributed by atoms with Crippen LogP contribution in [0.15, 0.2) is 34.9 Å². The number of esters is 1. The van der Waals surface area contributed by atoms with E-state index in [-0.39, 0.29) is 17.5 Å². The van der Waals surface area contributed by atoms with Gasteiger partial charge in [-0.3, -0.25) is 4.79 Å². The van der Waals surface area contributed by atoms with Gasteiger partial charge in [0.2, 0.25) is 5.88 Å². The molecule has 0 bridgehead atoms. The van der Waals surface area contributed by atoms with Crippen LogP contribution in [0.1, 0.15) is 34.6 Å². The van der Waals surface area contributed by atoms with Gasteiger partial charge in [0.1, 0.15) is 5.56 Å². The molecule has 0 unspecified atom stereocenters. The molecular weight excluding hydrogens is 286 g/mol. The van der Waals surface area contributed by atoms with Crippen LogP contribution in [0.5, 0.6) is 0 Å². The van der Waals surface area contributed by atoms with Crippen LogP contribution in [-0.2, 0) is 9.53 Å². The molecule has 7 nitrogen and oxygen atoms in total.